The van der Waals surface area contributed by atoms with Gasteiger partial charge in [0, 0.05) is 17.5 Å². The van der Waals surface area contributed by atoms with Gasteiger partial charge in [0.15, 0.2) is 0 Å². The molecule has 2 aromatic carbocycles. The molecule has 3 aromatic rings. The molecule has 0 bridgehead atoms. The van der Waals surface area contributed by atoms with Gasteiger partial charge in [0.2, 0.25) is 11.6 Å². The van der Waals surface area contributed by atoms with Gasteiger partial charge in [-0.05, 0) is 48.9 Å². The largest absolute Gasteiger partial charge is 0.367 e. The minimum absolute atomic E-state index is 0.00167. The number of rotatable bonds is 13. The van der Waals surface area contributed by atoms with Crippen molar-refractivity contribution in [2.45, 2.75) is 58.1 Å². The average Bonchev–Trinajstić information content (AvgIpc) is 3.38. The van der Waals surface area contributed by atoms with E-state index in [2.05, 4.69) is 20.7 Å². The molecule has 2 amide bonds. The Hall–Kier alpha value is -3.40. The van der Waals surface area contributed by atoms with Crippen LogP contribution in [0.25, 0.3) is 0 Å². The Morgan fingerprint density at radius 3 is 2.27 bits per heavy atom. The average molecular weight is 672 g/mol. The van der Waals surface area contributed by atoms with E-state index in [4.69, 9.17) is 11.6 Å². The van der Waals surface area contributed by atoms with Crippen molar-refractivity contribution in [3.05, 3.63) is 75.3 Å². The number of thioether (sulfide) groups is 1. The second-order valence-electron chi connectivity index (χ2n) is 9.56. The molecule has 17 heteroatoms. The molecule has 0 aliphatic heterocycles. The second-order valence-corrected chi connectivity index (χ2v) is 11.3. The van der Waals surface area contributed by atoms with Crippen molar-refractivity contribution in [3.63, 3.8) is 0 Å². The fraction of sp³-hybridized carbons (Fsp3) is 0.407. The van der Waals surface area contributed by atoms with Crippen LogP contribution in [0, 0.1) is 6.92 Å². The summed E-state index contributed by atoms with van der Waals surface area (Å²) in [6.07, 6.45) is -8.78. The van der Waals surface area contributed by atoms with Crippen LogP contribution in [0.15, 0.2) is 36.4 Å². The van der Waals surface area contributed by atoms with Crippen LogP contribution in [-0.4, -0.2) is 57.0 Å². The van der Waals surface area contributed by atoms with Gasteiger partial charge < -0.3 is 10.6 Å². The smallest absolute Gasteiger partial charge is 0.349 e. The number of amides is 2. The molecule has 7 nitrogen and oxygen atoms in total. The summed E-state index contributed by atoms with van der Waals surface area (Å²) in [5.74, 6) is -13.9. The Morgan fingerprint density at radius 1 is 1.02 bits per heavy atom. The van der Waals surface area contributed by atoms with Gasteiger partial charge in [-0.25, -0.2) is 27.2 Å². The number of anilines is 1. The predicted molar refractivity (Wildman–Crippen MR) is 149 cm³/mol. The van der Waals surface area contributed by atoms with Gasteiger partial charge in [0.1, 0.15) is 0 Å². The number of alkyl halides is 8. The number of nitrogens with zero attached hydrogens (tertiary/aromatic N) is 3. The molecule has 2 N–H and O–H groups in total. The molecular formula is C27H26ClF8N5O2S. The second kappa shape index (κ2) is 14.1. The molecule has 0 unspecified atom stereocenters. The van der Waals surface area contributed by atoms with Crippen molar-refractivity contribution in [2.75, 3.05) is 16.8 Å². The maximum absolute atomic E-state index is 14.1. The summed E-state index contributed by atoms with van der Waals surface area (Å²) in [5.41, 5.74) is 0.409. The van der Waals surface area contributed by atoms with Crippen LogP contribution in [0.3, 0.4) is 0 Å². The molecule has 1 heterocycles. The first kappa shape index (κ1) is 35.1. The highest BCUT2D eigenvalue weighted by atomic mass is 35.5. The van der Waals surface area contributed by atoms with Gasteiger partial charge in [0.05, 0.1) is 22.7 Å². The van der Waals surface area contributed by atoms with Gasteiger partial charge >= 0.3 is 24.7 Å². The van der Waals surface area contributed by atoms with Gasteiger partial charge in [-0.1, -0.05) is 36.7 Å². The quantitative estimate of drug-likeness (QED) is 0.189. The monoisotopic (exact) mass is 671 g/mol. The first-order valence-electron chi connectivity index (χ1n) is 12.9. The normalized spacial score (nSPS) is 13.0. The first-order valence-corrected chi connectivity index (χ1v) is 14.4. The number of carbonyl (C=O) groups is 2. The number of aromatic nitrogens is 3. The van der Waals surface area contributed by atoms with Crippen molar-refractivity contribution in [2.24, 2.45) is 0 Å². The number of benzene rings is 2. The minimum atomic E-state index is -5.08. The lowest BCUT2D eigenvalue weighted by Crippen LogP contribution is -2.35. The van der Waals surface area contributed by atoms with Crippen LogP contribution in [0.2, 0.25) is 5.02 Å². The summed E-state index contributed by atoms with van der Waals surface area (Å²) in [6, 6.07) is 7.90. The Labute approximate surface area is 255 Å². The van der Waals surface area contributed by atoms with E-state index in [9.17, 15) is 44.7 Å². The van der Waals surface area contributed by atoms with Crippen molar-refractivity contribution in [1.29, 1.82) is 0 Å². The number of carbonyl (C=O) groups excluding carboxylic acids is 2. The Morgan fingerprint density at radius 2 is 1.68 bits per heavy atom. The van der Waals surface area contributed by atoms with Gasteiger partial charge in [-0.15, -0.1) is 5.10 Å². The number of hydrogen-bond donors (Lipinski definition) is 2. The van der Waals surface area contributed by atoms with E-state index in [1.54, 1.807) is 18.7 Å². The number of halogens is 9. The standard InChI is InChI=1S/C27H26ClF8N5O2S/c1-4-44-12-14(3)37-21(43)19-16(6-5-7-17(19)28)20(42)38-18-9-8-15(10-13(18)2)11-41-25(27(35,36)23(31)32)39-24(40-41)26(33,34)22(29)30/h5-10,14,22-23H,4,11-12H2,1-3H3,(H,37,43)(H,38,42)/t14-/m0/s1. The van der Waals surface area contributed by atoms with Gasteiger partial charge in [-0.2, -0.15) is 29.3 Å². The molecule has 3 rings (SSSR count). The van der Waals surface area contributed by atoms with Crippen molar-refractivity contribution >= 4 is 40.9 Å². The van der Waals surface area contributed by atoms with E-state index in [0.717, 1.165) is 5.75 Å². The summed E-state index contributed by atoms with van der Waals surface area (Å²) >= 11 is 7.86. The molecule has 1 atom stereocenters. The fourth-order valence-corrected chi connectivity index (χ4v) is 4.87. The van der Waals surface area contributed by atoms with E-state index < -0.39 is 54.7 Å². The zero-order valence-corrected chi connectivity index (χ0v) is 24.9. The highest BCUT2D eigenvalue weighted by molar-refractivity contribution is 7.99. The van der Waals surface area contributed by atoms with Gasteiger partial charge in [0.25, 0.3) is 11.8 Å². The van der Waals surface area contributed by atoms with E-state index in [1.165, 1.54) is 43.3 Å². The predicted octanol–water partition coefficient (Wildman–Crippen LogP) is 7.13. The van der Waals surface area contributed by atoms with Crippen molar-refractivity contribution in [3.8, 4) is 0 Å². The molecule has 1 aromatic heterocycles. The van der Waals surface area contributed by atoms with Crippen LogP contribution < -0.4 is 10.6 Å². The zero-order chi connectivity index (χ0) is 33.0. The third kappa shape index (κ3) is 7.81. The molecule has 0 aliphatic rings. The molecule has 0 spiro atoms. The maximum atomic E-state index is 14.1. The molecule has 0 fully saturated rings. The van der Waals surface area contributed by atoms with Gasteiger partial charge in [-0.3, -0.25) is 9.59 Å². The molecule has 0 radical (unpaired) electrons. The lowest BCUT2D eigenvalue weighted by molar-refractivity contribution is -0.146. The summed E-state index contributed by atoms with van der Waals surface area (Å²) in [5, 5.41) is 8.41. The van der Waals surface area contributed by atoms with E-state index in [1.807, 2.05) is 6.92 Å². The molecule has 44 heavy (non-hydrogen) atoms. The molecule has 0 saturated carbocycles. The van der Waals surface area contributed by atoms with E-state index >= 15 is 0 Å². The van der Waals surface area contributed by atoms with Crippen molar-refractivity contribution < 1.29 is 44.7 Å². The summed E-state index contributed by atoms with van der Waals surface area (Å²) in [7, 11) is 0. The lowest BCUT2D eigenvalue weighted by Gasteiger charge is -2.17. The molecule has 240 valence electrons. The third-order valence-electron chi connectivity index (χ3n) is 6.12. The van der Waals surface area contributed by atoms with Crippen LogP contribution in [0.5, 0.6) is 0 Å². The summed E-state index contributed by atoms with van der Waals surface area (Å²) < 4.78 is 108. The molecule has 0 saturated heterocycles. The van der Waals surface area contributed by atoms with Crippen LogP contribution in [0.1, 0.15) is 57.3 Å². The van der Waals surface area contributed by atoms with Crippen LogP contribution in [-0.2, 0) is 18.4 Å². The SMILES string of the molecule is CCSC[C@H](C)NC(=O)c1c(Cl)cccc1C(=O)Nc1ccc(Cn2nc(C(F)(F)C(F)F)nc2C(F)(F)C(F)F)cc1C. The summed E-state index contributed by atoms with van der Waals surface area (Å²) in [6.45, 7) is 4.41. The highest BCUT2D eigenvalue weighted by Crippen LogP contribution is 2.38. The topological polar surface area (TPSA) is 88.9 Å². The Bertz CT molecular complexity index is 1500. The third-order valence-corrected chi connectivity index (χ3v) is 7.58. The lowest BCUT2D eigenvalue weighted by atomic mass is 10.0. The number of nitrogens with one attached hydrogen (secondary N) is 2. The van der Waals surface area contributed by atoms with E-state index in [0.29, 0.717) is 11.3 Å². The fourth-order valence-electron chi connectivity index (χ4n) is 3.94. The molecular weight excluding hydrogens is 646 g/mol. The summed E-state index contributed by atoms with van der Waals surface area (Å²) in [4.78, 5) is 28.8. The minimum Gasteiger partial charge on any atom is -0.349 e. The van der Waals surface area contributed by atoms with Crippen molar-refractivity contribution in [1.82, 2.24) is 20.1 Å². The number of hydrogen-bond acceptors (Lipinski definition) is 5. The highest BCUT2D eigenvalue weighted by Gasteiger charge is 2.52. The Balaban J connectivity index is 1.88. The first-order chi connectivity index (χ1) is 20.5. The maximum Gasteiger partial charge on any atom is 0.367 e. The molecule has 0 aliphatic carbocycles. The van der Waals surface area contributed by atoms with E-state index in [-0.39, 0.29) is 38.1 Å². The van der Waals surface area contributed by atoms with Crippen LogP contribution in [0.4, 0.5) is 40.8 Å². The number of aryl methyl sites for hydroxylation is 1. The van der Waals surface area contributed by atoms with Crippen LogP contribution >= 0.6 is 23.4 Å². The Kier molecular flexibility index (Phi) is 11.3. The zero-order valence-electron chi connectivity index (χ0n) is 23.3.